The van der Waals surface area contributed by atoms with Crippen molar-refractivity contribution in [2.75, 3.05) is 21.3 Å². The third kappa shape index (κ3) is 3.02. The number of carbonyl (C=O) groups is 1. The predicted octanol–water partition coefficient (Wildman–Crippen LogP) is 4.52. The molecule has 1 atom stereocenters. The summed E-state index contributed by atoms with van der Waals surface area (Å²) in [7, 11) is 4.62. The van der Waals surface area contributed by atoms with Gasteiger partial charge < -0.3 is 28.8 Å². The highest BCUT2D eigenvalue weighted by Gasteiger charge is 2.30. The molecule has 0 aromatic heterocycles. The molecule has 0 saturated carbocycles. The summed E-state index contributed by atoms with van der Waals surface area (Å²) in [6, 6.07) is 14.3. The first-order valence-corrected chi connectivity index (χ1v) is 9.00. The standard InChI is InChI=1S/C23H20O6/c1-26-20-10-14(11-21(27-2)23(20)28-3)13-8-17(25)22-16(12-24)15-6-4-5-7-18(15)29-19(22)9-13/h4-12,16,25H,1-3H3. The van der Waals surface area contributed by atoms with Crippen LogP contribution in [0.3, 0.4) is 0 Å². The third-order valence-corrected chi connectivity index (χ3v) is 5.04. The third-order valence-electron chi connectivity index (χ3n) is 5.04. The fourth-order valence-electron chi connectivity index (χ4n) is 3.67. The molecule has 0 bridgehead atoms. The Bertz CT molecular complexity index is 1060. The summed E-state index contributed by atoms with van der Waals surface area (Å²) >= 11 is 0. The second-order valence-electron chi connectivity index (χ2n) is 6.57. The van der Waals surface area contributed by atoms with Crippen LogP contribution in [0.15, 0.2) is 48.5 Å². The van der Waals surface area contributed by atoms with Gasteiger partial charge in [-0.1, -0.05) is 18.2 Å². The number of methoxy groups -OCH3 is 3. The van der Waals surface area contributed by atoms with Crippen LogP contribution >= 0.6 is 0 Å². The molecule has 3 aromatic carbocycles. The lowest BCUT2D eigenvalue weighted by Crippen LogP contribution is -2.11. The Balaban J connectivity index is 1.88. The van der Waals surface area contributed by atoms with E-state index in [1.165, 1.54) is 7.11 Å². The first kappa shape index (κ1) is 18.7. The van der Waals surface area contributed by atoms with E-state index in [1.54, 1.807) is 44.6 Å². The number of benzene rings is 3. The SMILES string of the molecule is COc1cc(-c2cc(O)c3c(c2)Oc2ccccc2C3C=O)cc(OC)c1OC. The molecule has 0 saturated heterocycles. The highest BCUT2D eigenvalue weighted by Crippen LogP contribution is 2.49. The number of rotatable bonds is 5. The van der Waals surface area contributed by atoms with E-state index in [1.807, 2.05) is 18.2 Å². The number of hydrogen-bond donors (Lipinski definition) is 1. The second-order valence-corrected chi connectivity index (χ2v) is 6.57. The smallest absolute Gasteiger partial charge is 0.203 e. The quantitative estimate of drug-likeness (QED) is 0.644. The van der Waals surface area contributed by atoms with E-state index >= 15 is 0 Å². The van der Waals surface area contributed by atoms with Gasteiger partial charge in [0, 0.05) is 5.56 Å². The minimum absolute atomic E-state index is 0.0159. The van der Waals surface area contributed by atoms with Gasteiger partial charge in [0.25, 0.3) is 0 Å². The first-order chi connectivity index (χ1) is 14.1. The van der Waals surface area contributed by atoms with Crippen LogP contribution < -0.4 is 18.9 Å². The molecule has 1 unspecified atom stereocenters. The molecule has 148 valence electrons. The Morgan fingerprint density at radius 1 is 0.897 bits per heavy atom. The number of hydrogen-bond acceptors (Lipinski definition) is 6. The lowest BCUT2D eigenvalue weighted by molar-refractivity contribution is -0.108. The molecule has 0 spiro atoms. The number of para-hydroxylation sites is 1. The first-order valence-electron chi connectivity index (χ1n) is 9.00. The van der Waals surface area contributed by atoms with Gasteiger partial charge in [-0.15, -0.1) is 0 Å². The highest BCUT2D eigenvalue weighted by atomic mass is 16.5. The van der Waals surface area contributed by atoms with E-state index in [0.717, 1.165) is 17.4 Å². The Labute approximate surface area is 168 Å². The van der Waals surface area contributed by atoms with E-state index in [4.69, 9.17) is 18.9 Å². The number of phenolic OH excluding ortho intramolecular Hbond substituents is 1. The molecule has 0 amide bonds. The second kappa shape index (κ2) is 7.39. The zero-order valence-electron chi connectivity index (χ0n) is 16.3. The summed E-state index contributed by atoms with van der Waals surface area (Å²) in [6.07, 6.45) is 0.818. The molecule has 1 N–H and O–H groups in total. The van der Waals surface area contributed by atoms with E-state index < -0.39 is 5.92 Å². The van der Waals surface area contributed by atoms with Gasteiger partial charge in [0.05, 0.1) is 32.8 Å². The summed E-state index contributed by atoms with van der Waals surface area (Å²) in [5.74, 6) is 1.89. The van der Waals surface area contributed by atoms with Crippen LogP contribution in [0.2, 0.25) is 0 Å². The Morgan fingerprint density at radius 2 is 1.55 bits per heavy atom. The zero-order valence-corrected chi connectivity index (χ0v) is 16.3. The van der Waals surface area contributed by atoms with Crippen LogP contribution in [0.25, 0.3) is 11.1 Å². The summed E-state index contributed by atoms with van der Waals surface area (Å²) in [5.41, 5.74) is 2.60. The minimum Gasteiger partial charge on any atom is -0.507 e. The van der Waals surface area contributed by atoms with Crippen molar-refractivity contribution in [1.82, 2.24) is 0 Å². The monoisotopic (exact) mass is 392 g/mol. The van der Waals surface area contributed by atoms with Gasteiger partial charge in [-0.25, -0.2) is 0 Å². The van der Waals surface area contributed by atoms with Crippen molar-refractivity contribution in [3.05, 3.63) is 59.7 Å². The summed E-state index contributed by atoms with van der Waals surface area (Å²) in [4.78, 5) is 11.8. The number of aldehydes is 1. The van der Waals surface area contributed by atoms with Crippen molar-refractivity contribution in [2.24, 2.45) is 0 Å². The molecule has 1 aliphatic rings. The van der Waals surface area contributed by atoms with Crippen LogP contribution in [0.4, 0.5) is 0 Å². The molecular weight excluding hydrogens is 372 g/mol. The molecule has 1 heterocycles. The number of phenols is 1. The van der Waals surface area contributed by atoms with E-state index in [9.17, 15) is 9.90 Å². The molecule has 3 aromatic rings. The average Bonchev–Trinajstić information content (AvgIpc) is 2.76. The zero-order chi connectivity index (χ0) is 20.5. The number of aromatic hydroxyl groups is 1. The molecule has 1 aliphatic heterocycles. The van der Waals surface area contributed by atoms with Crippen LogP contribution in [-0.2, 0) is 4.79 Å². The minimum atomic E-state index is -0.594. The van der Waals surface area contributed by atoms with Gasteiger partial charge in [0.15, 0.2) is 11.5 Å². The molecule has 4 rings (SSSR count). The van der Waals surface area contributed by atoms with Crippen molar-refractivity contribution < 1.29 is 28.8 Å². The van der Waals surface area contributed by atoms with Gasteiger partial charge in [-0.05, 0) is 41.5 Å². The topological polar surface area (TPSA) is 74.2 Å². The fraction of sp³-hybridized carbons (Fsp3) is 0.174. The lowest BCUT2D eigenvalue weighted by atomic mass is 9.87. The van der Waals surface area contributed by atoms with Crippen LogP contribution in [0.5, 0.6) is 34.5 Å². The number of carbonyl (C=O) groups excluding carboxylic acids is 1. The number of ether oxygens (including phenoxy) is 4. The lowest BCUT2D eigenvalue weighted by Gasteiger charge is -2.26. The van der Waals surface area contributed by atoms with Crippen molar-refractivity contribution in [3.63, 3.8) is 0 Å². The maximum atomic E-state index is 11.8. The molecular formula is C23H20O6. The summed E-state index contributed by atoms with van der Waals surface area (Å²) < 4.78 is 22.2. The van der Waals surface area contributed by atoms with Crippen LogP contribution in [-0.4, -0.2) is 32.7 Å². The Hall–Kier alpha value is -3.67. The highest BCUT2D eigenvalue weighted by molar-refractivity contribution is 5.80. The van der Waals surface area contributed by atoms with E-state index in [2.05, 4.69) is 0 Å². The Morgan fingerprint density at radius 3 is 2.17 bits per heavy atom. The molecule has 6 nitrogen and oxygen atoms in total. The molecule has 0 fully saturated rings. The van der Waals surface area contributed by atoms with Crippen LogP contribution in [0.1, 0.15) is 17.0 Å². The van der Waals surface area contributed by atoms with Gasteiger partial charge in [0.1, 0.15) is 23.5 Å². The van der Waals surface area contributed by atoms with Gasteiger partial charge in [-0.2, -0.15) is 0 Å². The van der Waals surface area contributed by atoms with Crippen LogP contribution in [0, 0.1) is 0 Å². The van der Waals surface area contributed by atoms with Crippen molar-refractivity contribution in [3.8, 4) is 45.6 Å². The van der Waals surface area contributed by atoms with E-state index in [-0.39, 0.29) is 5.75 Å². The maximum Gasteiger partial charge on any atom is 0.203 e. The molecule has 6 heteroatoms. The summed E-state index contributed by atoms with van der Waals surface area (Å²) in [5, 5.41) is 10.8. The van der Waals surface area contributed by atoms with Crippen molar-refractivity contribution >= 4 is 6.29 Å². The molecule has 29 heavy (non-hydrogen) atoms. The van der Waals surface area contributed by atoms with Crippen molar-refractivity contribution in [1.29, 1.82) is 0 Å². The van der Waals surface area contributed by atoms with Gasteiger partial charge >= 0.3 is 0 Å². The largest absolute Gasteiger partial charge is 0.507 e. The predicted molar refractivity (Wildman–Crippen MR) is 108 cm³/mol. The van der Waals surface area contributed by atoms with E-state index in [0.29, 0.717) is 39.9 Å². The van der Waals surface area contributed by atoms with Gasteiger partial charge in [-0.3, -0.25) is 0 Å². The average molecular weight is 392 g/mol. The van der Waals surface area contributed by atoms with Crippen molar-refractivity contribution in [2.45, 2.75) is 5.92 Å². The normalized spacial score (nSPS) is 14.2. The molecule has 0 radical (unpaired) electrons. The summed E-state index contributed by atoms with van der Waals surface area (Å²) in [6.45, 7) is 0. The fourth-order valence-corrected chi connectivity index (χ4v) is 3.67. The Kier molecular flexibility index (Phi) is 4.76. The van der Waals surface area contributed by atoms with Gasteiger partial charge in [0.2, 0.25) is 5.75 Å². The number of fused-ring (bicyclic) bond motifs is 2. The molecule has 0 aliphatic carbocycles. The maximum absolute atomic E-state index is 11.8.